The number of hydrogen-bond acceptors (Lipinski definition) is 3. The first-order chi connectivity index (χ1) is 12.5. The molecule has 4 nitrogen and oxygen atoms in total. The van der Waals surface area contributed by atoms with Gasteiger partial charge in [-0.15, -0.1) is 0 Å². The third-order valence-corrected chi connectivity index (χ3v) is 5.75. The molecule has 0 bridgehead atoms. The molecule has 1 unspecified atom stereocenters. The smallest absolute Gasteiger partial charge is 0.257 e. The first-order valence-corrected chi connectivity index (χ1v) is 9.64. The minimum absolute atomic E-state index is 0.0272. The molecule has 1 N–H and O–H groups in total. The van der Waals surface area contributed by atoms with Crippen LogP contribution >= 0.6 is 11.6 Å². The number of aryl methyl sites for hydroxylation is 2. The largest absolute Gasteiger partial charge is 0.338 e. The molecule has 0 aliphatic carbocycles. The molecule has 146 valence electrons. The molecule has 0 radical (unpaired) electrons. The fourth-order valence-corrected chi connectivity index (χ4v) is 3.77. The fourth-order valence-electron chi connectivity index (χ4n) is 2.32. The Morgan fingerprint density at radius 1 is 1.33 bits per heavy atom. The summed E-state index contributed by atoms with van der Waals surface area (Å²) in [6.45, 7) is 3.96. The van der Waals surface area contributed by atoms with Crippen LogP contribution in [0.15, 0.2) is 34.3 Å². The number of hydrogen-bond donors (Lipinski definition) is 1. The van der Waals surface area contributed by atoms with Crippen LogP contribution in [0.25, 0.3) is 0 Å². The molecule has 0 amide bonds. The molecular weight excluding hydrogens is 399 g/mol. The second kappa shape index (κ2) is 8.39. The van der Waals surface area contributed by atoms with Crippen LogP contribution in [-0.4, -0.2) is 33.8 Å². The minimum atomic E-state index is -3.10. The molecule has 0 fully saturated rings. The highest BCUT2D eigenvalue weighted by molar-refractivity contribution is 7.85. The van der Waals surface area contributed by atoms with Crippen LogP contribution in [-0.2, 0) is 10.8 Å². The van der Waals surface area contributed by atoms with E-state index >= 15 is 0 Å². The van der Waals surface area contributed by atoms with Crippen LogP contribution in [0.2, 0.25) is 5.02 Å². The molecule has 1 aromatic heterocycles. The number of anilines is 1. The van der Waals surface area contributed by atoms with Gasteiger partial charge in [-0.1, -0.05) is 11.6 Å². The van der Waals surface area contributed by atoms with Crippen molar-refractivity contribution >= 4 is 33.9 Å². The maximum Gasteiger partial charge on any atom is 0.257 e. The Kier molecular flexibility index (Phi) is 6.64. The standard InChI is InChI=1S/C18H19ClF3N3OS/c1-10-5-14(20)15(7-16(10)27(26)9-18(3,21)22)25-17(23-4)12-6-13(19)11(2)24-8-12/h5-8H,9H2,1-4H3,(H,23,25). The quantitative estimate of drug-likeness (QED) is 0.564. The van der Waals surface area contributed by atoms with Crippen LogP contribution < -0.4 is 5.32 Å². The summed E-state index contributed by atoms with van der Waals surface area (Å²) in [5.41, 5.74) is 1.46. The predicted octanol–water partition coefficient (Wildman–Crippen LogP) is 4.74. The Morgan fingerprint density at radius 3 is 2.56 bits per heavy atom. The van der Waals surface area contributed by atoms with Crippen molar-refractivity contribution in [1.82, 2.24) is 4.98 Å². The average Bonchev–Trinajstić information content (AvgIpc) is 2.55. The van der Waals surface area contributed by atoms with E-state index < -0.39 is 28.3 Å². The van der Waals surface area contributed by atoms with E-state index in [1.54, 1.807) is 13.0 Å². The number of nitrogens with zero attached hydrogens (tertiary/aromatic N) is 2. The third kappa shape index (κ3) is 5.52. The van der Waals surface area contributed by atoms with Gasteiger partial charge in [-0.2, -0.15) is 0 Å². The Hall–Kier alpha value is -1.93. The molecule has 1 heterocycles. The summed E-state index contributed by atoms with van der Waals surface area (Å²) in [6.07, 6.45) is 1.53. The van der Waals surface area contributed by atoms with Crippen LogP contribution in [0.3, 0.4) is 0 Å². The van der Waals surface area contributed by atoms with Crippen molar-refractivity contribution < 1.29 is 17.4 Å². The summed E-state index contributed by atoms with van der Waals surface area (Å²) >= 11 is 6.07. The maximum atomic E-state index is 14.4. The molecule has 0 aliphatic heterocycles. The summed E-state index contributed by atoms with van der Waals surface area (Å²) in [6, 6.07) is 4.04. The van der Waals surface area contributed by atoms with E-state index in [1.165, 1.54) is 26.2 Å². The Labute approximate surface area is 163 Å². The normalized spacial score (nSPS) is 13.6. The lowest BCUT2D eigenvalue weighted by Gasteiger charge is -2.15. The van der Waals surface area contributed by atoms with Gasteiger partial charge in [0.05, 0.1) is 33.0 Å². The highest BCUT2D eigenvalue weighted by Gasteiger charge is 2.27. The summed E-state index contributed by atoms with van der Waals surface area (Å²) in [4.78, 5) is 8.33. The molecule has 2 rings (SSSR count). The van der Waals surface area contributed by atoms with Gasteiger partial charge in [-0.05, 0) is 37.6 Å². The van der Waals surface area contributed by atoms with E-state index in [4.69, 9.17) is 11.6 Å². The van der Waals surface area contributed by atoms with E-state index in [2.05, 4.69) is 15.3 Å². The fraction of sp³-hybridized carbons (Fsp3) is 0.333. The molecule has 27 heavy (non-hydrogen) atoms. The van der Waals surface area contributed by atoms with E-state index in [0.29, 0.717) is 28.8 Å². The summed E-state index contributed by atoms with van der Waals surface area (Å²) in [7, 11) is -0.482. The molecule has 0 spiro atoms. The molecule has 0 saturated carbocycles. The van der Waals surface area contributed by atoms with E-state index in [1.807, 2.05) is 0 Å². The monoisotopic (exact) mass is 417 g/mol. The second-order valence-electron chi connectivity index (χ2n) is 6.15. The molecule has 1 atom stereocenters. The summed E-state index contributed by atoms with van der Waals surface area (Å²) in [5, 5.41) is 3.22. The van der Waals surface area contributed by atoms with Crippen LogP contribution in [0, 0.1) is 19.7 Å². The van der Waals surface area contributed by atoms with Gasteiger partial charge >= 0.3 is 0 Å². The maximum absolute atomic E-state index is 14.4. The van der Waals surface area contributed by atoms with Gasteiger partial charge in [-0.25, -0.2) is 13.2 Å². The molecule has 0 aliphatic rings. The predicted molar refractivity (Wildman–Crippen MR) is 103 cm³/mol. The highest BCUT2D eigenvalue weighted by Crippen LogP contribution is 2.26. The van der Waals surface area contributed by atoms with Crippen molar-refractivity contribution in [2.45, 2.75) is 31.6 Å². The Bertz CT molecular complexity index is 913. The number of aliphatic imine (C=N–C) groups is 1. The van der Waals surface area contributed by atoms with Gasteiger partial charge in [0, 0.05) is 30.6 Å². The number of alkyl halides is 2. The zero-order chi connectivity index (χ0) is 20.4. The average molecular weight is 418 g/mol. The van der Waals surface area contributed by atoms with Crippen molar-refractivity contribution in [3.05, 3.63) is 52.1 Å². The lowest BCUT2D eigenvalue weighted by atomic mass is 10.2. The van der Waals surface area contributed by atoms with Crippen molar-refractivity contribution in [2.75, 3.05) is 18.1 Å². The molecule has 1 aromatic carbocycles. The number of halogens is 4. The molecule has 2 aromatic rings. The van der Waals surface area contributed by atoms with Crippen molar-refractivity contribution in [2.24, 2.45) is 4.99 Å². The number of aromatic nitrogens is 1. The number of rotatable bonds is 5. The highest BCUT2D eigenvalue weighted by atomic mass is 35.5. The lowest BCUT2D eigenvalue weighted by Crippen LogP contribution is -2.21. The number of pyridine rings is 1. The van der Waals surface area contributed by atoms with Crippen LogP contribution in [0.5, 0.6) is 0 Å². The zero-order valence-corrected chi connectivity index (χ0v) is 16.8. The Balaban J connectivity index is 2.38. The van der Waals surface area contributed by atoms with Gasteiger partial charge in [-0.3, -0.25) is 14.2 Å². The van der Waals surface area contributed by atoms with Crippen LogP contribution in [0.4, 0.5) is 18.9 Å². The Morgan fingerprint density at radius 2 is 2.00 bits per heavy atom. The van der Waals surface area contributed by atoms with Gasteiger partial charge in [0.1, 0.15) is 11.7 Å². The first-order valence-electron chi connectivity index (χ1n) is 7.94. The summed E-state index contributed by atoms with van der Waals surface area (Å²) in [5.74, 6) is -4.28. The third-order valence-electron chi connectivity index (χ3n) is 3.67. The van der Waals surface area contributed by atoms with Crippen LogP contribution in [0.1, 0.15) is 23.7 Å². The molecule has 9 heteroatoms. The number of amidine groups is 1. The molecular formula is C18H19ClF3N3OS. The van der Waals surface area contributed by atoms with Gasteiger partial charge in [0.2, 0.25) is 0 Å². The first kappa shape index (κ1) is 21.4. The molecule has 0 saturated heterocycles. The van der Waals surface area contributed by atoms with Gasteiger partial charge in [0.25, 0.3) is 5.92 Å². The minimum Gasteiger partial charge on any atom is -0.338 e. The van der Waals surface area contributed by atoms with Crippen molar-refractivity contribution in [3.8, 4) is 0 Å². The SMILES string of the molecule is CN=C(Nc1cc(S(=O)CC(C)(F)F)c(C)cc1F)c1cnc(C)c(Cl)c1. The summed E-state index contributed by atoms with van der Waals surface area (Å²) < 4.78 is 53.1. The van der Waals surface area contributed by atoms with E-state index in [-0.39, 0.29) is 16.4 Å². The zero-order valence-electron chi connectivity index (χ0n) is 15.2. The van der Waals surface area contributed by atoms with Gasteiger partial charge in [0.15, 0.2) is 0 Å². The second-order valence-corrected chi connectivity index (χ2v) is 7.97. The number of benzene rings is 1. The topological polar surface area (TPSA) is 54.4 Å². The van der Waals surface area contributed by atoms with Crippen molar-refractivity contribution in [1.29, 1.82) is 0 Å². The van der Waals surface area contributed by atoms with Crippen molar-refractivity contribution in [3.63, 3.8) is 0 Å². The van der Waals surface area contributed by atoms with Gasteiger partial charge < -0.3 is 5.32 Å². The lowest BCUT2D eigenvalue weighted by molar-refractivity contribution is 0.0483. The number of nitrogens with one attached hydrogen (secondary N) is 1. The van der Waals surface area contributed by atoms with E-state index in [9.17, 15) is 17.4 Å². The van der Waals surface area contributed by atoms with E-state index in [0.717, 1.165) is 6.07 Å².